The molecular weight excluding hydrogens is 226 g/mol. The number of nitrogens with one attached hydrogen (secondary N) is 1. The lowest BCUT2D eigenvalue weighted by Gasteiger charge is -2.18. The Morgan fingerprint density at radius 1 is 1.44 bits per heavy atom. The molecule has 1 heterocycles. The third-order valence-corrected chi connectivity index (χ3v) is 2.78. The van der Waals surface area contributed by atoms with Crippen LogP contribution in [-0.2, 0) is 11.3 Å². The van der Waals surface area contributed by atoms with Crippen molar-refractivity contribution in [2.75, 3.05) is 33.9 Å². The highest BCUT2D eigenvalue weighted by atomic mass is 16.5. The van der Waals surface area contributed by atoms with Crippen LogP contribution in [0.15, 0.2) is 18.2 Å². The summed E-state index contributed by atoms with van der Waals surface area (Å²) >= 11 is 0. The first-order valence-corrected chi connectivity index (χ1v) is 6.45. The highest BCUT2D eigenvalue weighted by Gasteiger charge is 2.03. The second-order valence-electron chi connectivity index (χ2n) is 4.82. The van der Waals surface area contributed by atoms with E-state index in [4.69, 9.17) is 4.74 Å². The summed E-state index contributed by atoms with van der Waals surface area (Å²) in [5, 5.41) is 3.42. The first kappa shape index (κ1) is 15.1. The Kier molecular flexibility index (Phi) is 6.86. The van der Waals surface area contributed by atoms with Crippen molar-refractivity contribution in [2.24, 2.45) is 0 Å². The summed E-state index contributed by atoms with van der Waals surface area (Å²) in [5.74, 6) is 0. The van der Waals surface area contributed by atoms with Crippen LogP contribution in [0.1, 0.15) is 18.3 Å². The molecule has 0 aliphatic carbocycles. The molecule has 0 amide bonds. The molecule has 0 bridgehead atoms. The van der Waals surface area contributed by atoms with E-state index in [9.17, 15) is 0 Å². The molecule has 0 aromatic carbocycles. The van der Waals surface area contributed by atoms with Gasteiger partial charge in [0.25, 0.3) is 0 Å². The van der Waals surface area contributed by atoms with Crippen molar-refractivity contribution in [3.63, 3.8) is 0 Å². The largest absolute Gasteiger partial charge is 0.383 e. The van der Waals surface area contributed by atoms with Crippen molar-refractivity contribution in [1.29, 1.82) is 0 Å². The molecule has 1 rings (SSSR count). The average molecular weight is 251 g/mol. The highest BCUT2D eigenvalue weighted by molar-refractivity contribution is 5.09. The van der Waals surface area contributed by atoms with Gasteiger partial charge in [-0.25, -0.2) is 0 Å². The number of aromatic nitrogens is 1. The van der Waals surface area contributed by atoms with Gasteiger partial charge in [-0.1, -0.05) is 6.07 Å². The summed E-state index contributed by atoms with van der Waals surface area (Å²) in [4.78, 5) is 6.78. The molecule has 4 heteroatoms. The van der Waals surface area contributed by atoms with Crippen molar-refractivity contribution >= 4 is 0 Å². The molecule has 102 valence electrons. The summed E-state index contributed by atoms with van der Waals surface area (Å²) in [6.45, 7) is 7.77. The van der Waals surface area contributed by atoms with E-state index in [1.54, 1.807) is 7.11 Å². The molecule has 1 atom stereocenters. The molecule has 0 saturated heterocycles. The third kappa shape index (κ3) is 6.10. The average Bonchev–Trinajstić information content (AvgIpc) is 2.29. The van der Waals surface area contributed by atoms with Crippen molar-refractivity contribution in [3.05, 3.63) is 29.6 Å². The minimum Gasteiger partial charge on any atom is -0.383 e. The van der Waals surface area contributed by atoms with Gasteiger partial charge >= 0.3 is 0 Å². The zero-order chi connectivity index (χ0) is 13.4. The summed E-state index contributed by atoms with van der Waals surface area (Å²) in [7, 11) is 3.85. The van der Waals surface area contributed by atoms with E-state index in [2.05, 4.69) is 41.3 Å². The summed E-state index contributed by atoms with van der Waals surface area (Å²) in [6.07, 6.45) is 0. The maximum Gasteiger partial charge on any atom is 0.0613 e. The number of rotatable bonds is 8. The molecule has 1 aromatic heterocycles. The number of methoxy groups -OCH3 is 1. The maximum absolute atomic E-state index is 5.08. The topological polar surface area (TPSA) is 37.4 Å². The van der Waals surface area contributed by atoms with Crippen LogP contribution in [0.25, 0.3) is 0 Å². The molecule has 0 fully saturated rings. The fourth-order valence-electron chi connectivity index (χ4n) is 1.85. The Hall–Kier alpha value is -0.970. The van der Waals surface area contributed by atoms with Crippen LogP contribution in [0.4, 0.5) is 0 Å². The van der Waals surface area contributed by atoms with Gasteiger partial charge in [0.1, 0.15) is 0 Å². The fraction of sp³-hybridized carbons (Fsp3) is 0.643. The fourth-order valence-corrected chi connectivity index (χ4v) is 1.85. The van der Waals surface area contributed by atoms with Crippen molar-refractivity contribution in [1.82, 2.24) is 15.2 Å². The molecule has 0 saturated carbocycles. The van der Waals surface area contributed by atoms with Gasteiger partial charge in [0, 0.05) is 38.5 Å². The van der Waals surface area contributed by atoms with Gasteiger partial charge in [0.15, 0.2) is 0 Å². The SMILES string of the molecule is COCC(C)NCCN(C)Cc1cccc(C)n1. The van der Waals surface area contributed by atoms with Gasteiger partial charge in [-0.15, -0.1) is 0 Å². The molecular formula is C14H25N3O. The Bertz CT molecular complexity index is 344. The second-order valence-corrected chi connectivity index (χ2v) is 4.82. The molecule has 18 heavy (non-hydrogen) atoms. The standard InChI is InChI=1S/C14H25N3O/c1-12-6-5-7-14(16-12)10-17(3)9-8-15-13(2)11-18-4/h5-7,13,15H,8-11H2,1-4H3. The van der Waals surface area contributed by atoms with Crippen LogP contribution < -0.4 is 5.32 Å². The summed E-state index contributed by atoms with van der Waals surface area (Å²) in [6, 6.07) is 6.56. The molecule has 1 N–H and O–H groups in total. The minimum atomic E-state index is 0.403. The van der Waals surface area contributed by atoms with Crippen LogP contribution >= 0.6 is 0 Å². The molecule has 1 aromatic rings. The first-order valence-electron chi connectivity index (χ1n) is 6.45. The lowest BCUT2D eigenvalue weighted by atomic mass is 10.3. The van der Waals surface area contributed by atoms with Crippen LogP contribution in [0.2, 0.25) is 0 Å². The van der Waals surface area contributed by atoms with Gasteiger partial charge in [-0.05, 0) is 33.0 Å². The number of ether oxygens (including phenoxy) is 1. The number of nitrogens with zero attached hydrogens (tertiary/aromatic N) is 2. The lowest BCUT2D eigenvalue weighted by Crippen LogP contribution is -2.36. The van der Waals surface area contributed by atoms with E-state index < -0.39 is 0 Å². The summed E-state index contributed by atoms with van der Waals surface area (Å²) < 4.78 is 5.08. The van der Waals surface area contributed by atoms with Crippen LogP contribution in [0, 0.1) is 6.92 Å². The molecule has 0 aliphatic heterocycles. The zero-order valence-electron chi connectivity index (χ0n) is 11.9. The number of aryl methyl sites for hydroxylation is 1. The molecule has 4 nitrogen and oxygen atoms in total. The number of pyridine rings is 1. The highest BCUT2D eigenvalue weighted by Crippen LogP contribution is 2.01. The minimum absolute atomic E-state index is 0.403. The van der Waals surface area contributed by atoms with Gasteiger partial charge in [-0.3, -0.25) is 9.88 Å². The second kappa shape index (κ2) is 8.19. The molecule has 0 radical (unpaired) electrons. The predicted octanol–water partition coefficient (Wildman–Crippen LogP) is 1.45. The Balaban J connectivity index is 2.23. The maximum atomic E-state index is 5.08. The van der Waals surface area contributed by atoms with Crippen LogP contribution in [-0.4, -0.2) is 49.8 Å². The van der Waals surface area contributed by atoms with Crippen LogP contribution in [0.3, 0.4) is 0 Å². The number of likely N-dealkylation sites (N-methyl/N-ethyl adjacent to an activating group) is 1. The normalized spacial score (nSPS) is 12.9. The van der Waals surface area contributed by atoms with E-state index in [0.717, 1.165) is 37.6 Å². The Labute approximate surface area is 110 Å². The van der Waals surface area contributed by atoms with E-state index in [1.807, 2.05) is 13.0 Å². The molecule has 1 unspecified atom stereocenters. The Morgan fingerprint density at radius 3 is 2.89 bits per heavy atom. The monoisotopic (exact) mass is 251 g/mol. The quantitative estimate of drug-likeness (QED) is 0.759. The van der Waals surface area contributed by atoms with E-state index in [0.29, 0.717) is 6.04 Å². The number of hydrogen-bond acceptors (Lipinski definition) is 4. The van der Waals surface area contributed by atoms with E-state index >= 15 is 0 Å². The smallest absolute Gasteiger partial charge is 0.0613 e. The van der Waals surface area contributed by atoms with Crippen molar-refractivity contribution < 1.29 is 4.74 Å². The van der Waals surface area contributed by atoms with E-state index in [1.165, 1.54) is 0 Å². The first-order chi connectivity index (χ1) is 8.61. The number of hydrogen-bond donors (Lipinski definition) is 1. The van der Waals surface area contributed by atoms with Gasteiger partial charge in [0.2, 0.25) is 0 Å². The summed E-state index contributed by atoms with van der Waals surface area (Å²) in [5.41, 5.74) is 2.20. The van der Waals surface area contributed by atoms with E-state index in [-0.39, 0.29) is 0 Å². The van der Waals surface area contributed by atoms with Gasteiger partial charge in [-0.2, -0.15) is 0 Å². The Morgan fingerprint density at radius 2 is 2.22 bits per heavy atom. The predicted molar refractivity (Wildman–Crippen MR) is 74.6 cm³/mol. The van der Waals surface area contributed by atoms with Gasteiger partial charge in [0.05, 0.1) is 12.3 Å². The van der Waals surface area contributed by atoms with Crippen molar-refractivity contribution in [3.8, 4) is 0 Å². The zero-order valence-corrected chi connectivity index (χ0v) is 11.9. The van der Waals surface area contributed by atoms with Crippen LogP contribution in [0.5, 0.6) is 0 Å². The van der Waals surface area contributed by atoms with Gasteiger partial charge < -0.3 is 10.1 Å². The molecule has 0 spiro atoms. The van der Waals surface area contributed by atoms with Crippen molar-refractivity contribution in [2.45, 2.75) is 26.4 Å². The lowest BCUT2D eigenvalue weighted by molar-refractivity contribution is 0.170. The third-order valence-electron chi connectivity index (χ3n) is 2.78. The molecule has 0 aliphatic rings.